The van der Waals surface area contributed by atoms with E-state index in [0.29, 0.717) is 32.9 Å². The molecule has 3 aromatic rings. The predicted molar refractivity (Wildman–Crippen MR) is 128 cm³/mol. The van der Waals surface area contributed by atoms with Gasteiger partial charge >= 0.3 is 0 Å². The predicted octanol–water partition coefficient (Wildman–Crippen LogP) is 4.91. The molecule has 172 valence electrons. The molecule has 1 saturated carbocycles. The first-order chi connectivity index (χ1) is 16.3. The zero-order valence-electron chi connectivity index (χ0n) is 18.2. The molecule has 2 amide bonds. The summed E-state index contributed by atoms with van der Waals surface area (Å²) < 4.78 is 0. The Kier molecular flexibility index (Phi) is 5.45. The van der Waals surface area contributed by atoms with Gasteiger partial charge in [0.1, 0.15) is 5.01 Å². The SMILES string of the molecule is C[C@]1(C(=O)Nc2cccc(C(=O)Nc3nnc(-c4ccc([N+](=O)[O-])cc4)s3)c2)C[C@H]2C=C[C@H]1C2. The molecule has 2 aliphatic carbocycles. The Morgan fingerprint density at radius 1 is 1.12 bits per heavy atom. The van der Waals surface area contributed by atoms with Gasteiger partial charge in [0, 0.05) is 28.9 Å². The third kappa shape index (κ3) is 4.08. The molecule has 10 heteroatoms. The largest absolute Gasteiger partial charge is 0.326 e. The number of hydrogen-bond donors (Lipinski definition) is 2. The monoisotopic (exact) mass is 475 g/mol. The molecule has 2 N–H and O–H groups in total. The van der Waals surface area contributed by atoms with Gasteiger partial charge in [-0.05, 0) is 55.0 Å². The number of nitro groups is 1. The van der Waals surface area contributed by atoms with Gasteiger partial charge in [-0.1, -0.05) is 36.5 Å². The number of fused-ring (bicyclic) bond motifs is 2. The van der Waals surface area contributed by atoms with E-state index in [1.165, 1.54) is 12.1 Å². The van der Waals surface area contributed by atoms with E-state index in [1.54, 1.807) is 36.4 Å². The highest BCUT2D eigenvalue weighted by Crippen LogP contribution is 2.52. The summed E-state index contributed by atoms with van der Waals surface area (Å²) in [5.41, 5.74) is 1.16. The van der Waals surface area contributed by atoms with Crippen molar-refractivity contribution in [2.45, 2.75) is 19.8 Å². The standard InChI is InChI=1S/C24H21N5O4S/c1-24(13-14-5-8-17(24)11-14)22(31)25-18-4-2-3-16(12-18)20(30)26-23-28-27-21(34-23)15-6-9-19(10-7-15)29(32)33/h2-10,12,14,17H,11,13H2,1H3,(H,25,31)(H,26,28,30)/t14-,17-,24-/m0/s1. The van der Waals surface area contributed by atoms with Gasteiger partial charge in [0.2, 0.25) is 11.0 Å². The summed E-state index contributed by atoms with van der Waals surface area (Å²) in [5, 5.41) is 25.4. The van der Waals surface area contributed by atoms with Gasteiger partial charge < -0.3 is 5.32 Å². The van der Waals surface area contributed by atoms with Crippen LogP contribution in [-0.4, -0.2) is 26.9 Å². The molecule has 2 aromatic carbocycles. The van der Waals surface area contributed by atoms with Crippen LogP contribution in [0.5, 0.6) is 0 Å². The van der Waals surface area contributed by atoms with Crippen molar-refractivity contribution in [3.63, 3.8) is 0 Å². The number of non-ortho nitro benzene ring substituents is 1. The van der Waals surface area contributed by atoms with E-state index in [2.05, 4.69) is 33.0 Å². The fraction of sp³-hybridized carbons (Fsp3) is 0.250. The van der Waals surface area contributed by atoms with Crippen LogP contribution in [0.2, 0.25) is 0 Å². The third-order valence-electron chi connectivity index (χ3n) is 6.55. The van der Waals surface area contributed by atoms with Crippen molar-refractivity contribution in [2.24, 2.45) is 17.3 Å². The average molecular weight is 476 g/mol. The molecular formula is C24H21N5O4S. The molecule has 1 heterocycles. The van der Waals surface area contributed by atoms with Crippen LogP contribution in [0.1, 0.15) is 30.1 Å². The van der Waals surface area contributed by atoms with Gasteiger partial charge in [0.25, 0.3) is 11.6 Å². The van der Waals surface area contributed by atoms with Crippen LogP contribution < -0.4 is 10.6 Å². The number of amides is 2. The van der Waals surface area contributed by atoms with Crippen molar-refractivity contribution in [3.05, 3.63) is 76.4 Å². The lowest BCUT2D eigenvalue weighted by molar-refractivity contribution is -0.384. The maximum Gasteiger partial charge on any atom is 0.269 e. The van der Waals surface area contributed by atoms with Crippen molar-refractivity contribution in [1.82, 2.24) is 10.2 Å². The zero-order chi connectivity index (χ0) is 23.9. The lowest BCUT2D eigenvalue weighted by Crippen LogP contribution is -2.36. The van der Waals surface area contributed by atoms with Crippen molar-refractivity contribution >= 4 is 39.7 Å². The van der Waals surface area contributed by atoms with Gasteiger partial charge in [-0.3, -0.25) is 25.0 Å². The van der Waals surface area contributed by atoms with E-state index in [1.807, 2.05) is 6.92 Å². The summed E-state index contributed by atoms with van der Waals surface area (Å²) in [6, 6.07) is 12.7. The second-order valence-corrected chi connectivity index (χ2v) is 9.79. The lowest BCUT2D eigenvalue weighted by Gasteiger charge is -2.29. The minimum absolute atomic E-state index is 0.0142. The minimum Gasteiger partial charge on any atom is -0.326 e. The number of aromatic nitrogens is 2. The van der Waals surface area contributed by atoms with E-state index >= 15 is 0 Å². The number of carbonyl (C=O) groups is 2. The van der Waals surface area contributed by atoms with E-state index in [-0.39, 0.29) is 23.4 Å². The van der Waals surface area contributed by atoms with Gasteiger partial charge in [-0.2, -0.15) is 0 Å². The number of benzene rings is 2. The molecule has 1 fully saturated rings. The van der Waals surface area contributed by atoms with E-state index in [4.69, 9.17) is 0 Å². The topological polar surface area (TPSA) is 127 Å². The molecule has 3 atom stereocenters. The first-order valence-electron chi connectivity index (χ1n) is 10.8. The summed E-state index contributed by atoms with van der Waals surface area (Å²) in [6.07, 6.45) is 6.21. The highest BCUT2D eigenvalue weighted by molar-refractivity contribution is 7.18. The molecule has 2 bridgehead atoms. The normalized spacial score (nSPS) is 22.5. The van der Waals surface area contributed by atoms with E-state index < -0.39 is 10.3 Å². The van der Waals surface area contributed by atoms with Crippen molar-refractivity contribution < 1.29 is 14.5 Å². The smallest absolute Gasteiger partial charge is 0.269 e. The van der Waals surface area contributed by atoms with Gasteiger partial charge in [-0.15, -0.1) is 10.2 Å². The van der Waals surface area contributed by atoms with Crippen LogP contribution in [0.25, 0.3) is 10.6 Å². The van der Waals surface area contributed by atoms with Crippen molar-refractivity contribution in [1.29, 1.82) is 0 Å². The van der Waals surface area contributed by atoms with Crippen LogP contribution in [0.4, 0.5) is 16.5 Å². The highest BCUT2D eigenvalue weighted by atomic mass is 32.1. The number of nitrogens with zero attached hydrogens (tertiary/aromatic N) is 3. The number of rotatable bonds is 6. The Hall–Kier alpha value is -3.92. The molecule has 0 saturated heterocycles. The summed E-state index contributed by atoms with van der Waals surface area (Å²) in [4.78, 5) is 36.1. The maximum absolute atomic E-state index is 13.0. The summed E-state index contributed by atoms with van der Waals surface area (Å²) in [5.74, 6) is 0.322. The van der Waals surface area contributed by atoms with Crippen molar-refractivity contribution in [2.75, 3.05) is 10.6 Å². The Labute approximate surface area is 199 Å². The average Bonchev–Trinajstić information content (AvgIpc) is 3.56. The molecule has 0 radical (unpaired) electrons. The highest BCUT2D eigenvalue weighted by Gasteiger charge is 2.49. The number of nitro benzene ring substituents is 1. The van der Waals surface area contributed by atoms with Crippen LogP contribution in [0, 0.1) is 27.4 Å². The Bertz CT molecular complexity index is 1320. The molecule has 2 aliphatic rings. The second kappa shape index (κ2) is 8.45. The molecular weight excluding hydrogens is 454 g/mol. The number of anilines is 2. The molecule has 5 rings (SSSR count). The summed E-state index contributed by atoms with van der Waals surface area (Å²) in [7, 11) is 0. The Morgan fingerprint density at radius 2 is 1.91 bits per heavy atom. The van der Waals surface area contributed by atoms with Gasteiger partial charge in [-0.25, -0.2) is 0 Å². The van der Waals surface area contributed by atoms with Gasteiger partial charge in [0.05, 0.1) is 10.3 Å². The molecule has 0 spiro atoms. The van der Waals surface area contributed by atoms with Gasteiger partial charge in [0.15, 0.2) is 0 Å². The second-order valence-electron chi connectivity index (χ2n) is 8.81. The number of carbonyl (C=O) groups excluding carboxylic acids is 2. The third-order valence-corrected chi connectivity index (χ3v) is 7.44. The molecule has 9 nitrogen and oxygen atoms in total. The van der Waals surface area contributed by atoms with Crippen LogP contribution in [0.3, 0.4) is 0 Å². The number of nitrogens with one attached hydrogen (secondary N) is 2. The fourth-order valence-electron chi connectivity index (χ4n) is 4.65. The lowest BCUT2D eigenvalue weighted by atomic mass is 9.77. The summed E-state index contributed by atoms with van der Waals surface area (Å²) >= 11 is 1.16. The van der Waals surface area contributed by atoms with E-state index in [0.717, 1.165) is 24.2 Å². The number of hydrogen-bond acceptors (Lipinski definition) is 7. The molecule has 1 aromatic heterocycles. The minimum atomic E-state index is -0.471. The maximum atomic E-state index is 13.0. The van der Waals surface area contributed by atoms with Crippen LogP contribution in [0.15, 0.2) is 60.7 Å². The van der Waals surface area contributed by atoms with Crippen LogP contribution in [-0.2, 0) is 4.79 Å². The number of allylic oxidation sites excluding steroid dienone is 2. The molecule has 0 aliphatic heterocycles. The fourth-order valence-corrected chi connectivity index (χ4v) is 5.40. The van der Waals surface area contributed by atoms with E-state index in [9.17, 15) is 19.7 Å². The first kappa shape index (κ1) is 21.9. The van der Waals surface area contributed by atoms with Crippen molar-refractivity contribution in [3.8, 4) is 10.6 Å². The Balaban J connectivity index is 1.25. The quantitative estimate of drug-likeness (QED) is 0.296. The molecule has 0 unspecified atom stereocenters. The summed E-state index contributed by atoms with van der Waals surface area (Å²) in [6.45, 7) is 2.01. The van der Waals surface area contributed by atoms with Crippen LogP contribution >= 0.6 is 11.3 Å². The first-order valence-corrected chi connectivity index (χ1v) is 11.6. The zero-order valence-corrected chi connectivity index (χ0v) is 19.0. The Morgan fingerprint density at radius 3 is 2.59 bits per heavy atom. The molecule has 34 heavy (non-hydrogen) atoms.